The van der Waals surface area contributed by atoms with Crippen LogP contribution in [0.1, 0.15) is 17.2 Å². The van der Waals surface area contributed by atoms with Gasteiger partial charge in [0.2, 0.25) is 0 Å². The van der Waals surface area contributed by atoms with E-state index in [1.165, 1.54) is 13.4 Å². The topological polar surface area (TPSA) is 90.2 Å². The number of fused-ring (bicyclic) bond motifs is 1. The molecule has 164 valence electrons. The van der Waals surface area contributed by atoms with Crippen LogP contribution in [-0.4, -0.2) is 24.9 Å². The van der Waals surface area contributed by atoms with Crippen LogP contribution in [0.5, 0.6) is 17.2 Å². The van der Waals surface area contributed by atoms with Gasteiger partial charge in [-0.25, -0.2) is 4.79 Å². The van der Waals surface area contributed by atoms with E-state index in [1.807, 2.05) is 60.7 Å². The molecule has 4 aromatic rings. The van der Waals surface area contributed by atoms with Crippen molar-refractivity contribution in [1.29, 1.82) is 0 Å². The lowest BCUT2D eigenvalue weighted by Crippen LogP contribution is -2.31. The van der Waals surface area contributed by atoms with Gasteiger partial charge in [0.15, 0.2) is 11.3 Å². The van der Waals surface area contributed by atoms with Crippen LogP contribution in [0.4, 0.5) is 4.79 Å². The van der Waals surface area contributed by atoms with Gasteiger partial charge in [-0.3, -0.25) is 0 Å². The highest BCUT2D eigenvalue weighted by Crippen LogP contribution is 2.41. The molecule has 0 unspecified atom stereocenters. The number of nitrogens with one attached hydrogen (secondary N) is 1. The molecule has 0 bridgehead atoms. The van der Waals surface area contributed by atoms with E-state index >= 15 is 0 Å². The Kier molecular flexibility index (Phi) is 6.57. The summed E-state index contributed by atoms with van der Waals surface area (Å²) in [4.78, 5) is 12.4. The van der Waals surface area contributed by atoms with Crippen molar-refractivity contribution in [3.8, 4) is 17.2 Å². The van der Waals surface area contributed by atoms with E-state index < -0.39 is 12.1 Å². The predicted molar refractivity (Wildman–Crippen MR) is 119 cm³/mol. The van der Waals surface area contributed by atoms with Crippen LogP contribution in [0, 0.1) is 0 Å². The zero-order valence-corrected chi connectivity index (χ0v) is 17.5. The fourth-order valence-corrected chi connectivity index (χ4v) is 3.41. The van der Waals surface area contributed by atoms with Crippen molar-refractivity contribution in [2.24, 2.45) is 0 Å². The van der Waals surface area contributed by atoms with Gasteiger partial charge in [-0.1, -0.05) is 48.5 Å². The van der Waals surface area contributed by atoms with Crippen molar-refractivity contribution in [2.75, 3.05) is 13.7 Å². The molecular weight excluding hydrogens is 410 g/mol. The van der Waals surface area contributed by atoms with Crippen LogP contribution >= 0.6 is 0 Å². The molecule has 0 fully saturated rings. The van der Waals surface area contributed by atoms with Gasteiger partial charge in [-0.05, 0) is 29.8 Å². The van der Waals surface area contributed by atoms with Crippen LogP contribution < -0.4 is 14.8 Å². The number of furan rings is 1. The van der Waals surface area contributed by atoms with E-state index in [2.05, 4.69) is 5.32 Å². The summed E-state index contributed by atoms with van der Waals surface area (Å²) < 4.78 is 22.5. The average Bonchev–Trinajstić information content (AvgIpc) is 3.33. The van der Waals surface area contributed by atoms with Gasteiger partial charge in [-0.15, -0.1) is 0 Å². The SMILES string of the molecule is COc1c([C@H](CO)NC(=O)OCc2ccccc2)cc(Oc2ccccc2)c2occc12. The minimum atomic E-state index is -0.786. The van der Waals surface area contributed by atoms with Crippen molar-refractivity contribution in [3.05, 3.63) is 90.2 Å². The molecule has 0 aliphatic heterocycles. The number of hydrogen-bond donors (Lipinski definition) is 2. The molecule has 0 saturated carbocycles. The number of carbonyl (C=O) groups excluding carboxylic acids is 1. The number of para-hydroxylation sites is 1. The maximum atomic E-state index is 12.4. The first-order valence-electron chi connectivity index (χ1n) is 10.1. The van der Waals surface area contributed by atoms with Gasteiger partial charge in [0.05, 0.1) is 31.4 Å². The summed E-state index contributed by atoms with van der Waals surface area (Å²) in [6.07, 6.45) is 0.873. The highest BCUT2D eigenvalue weighted by molar-refractivity contribution is 5.91. The third-order valence-corrected chi connectivity index (χ3v) is 4.92. The Hall–Kier alpha value is -3.97. The monoisotopic (exact) mass is 433 g/mol. The zero-order valence-electron chi connectivity index (χ0n) is 17.5. The summed E-state index contributed by atoms with van der Waals surface area (Å²) in [7, 11) is 1.52. The highest BCUT2D eigenvalue weighted by atomic mass is 16.5. The van der Waals surface area contributed by atoms with Gasteiger partial charge in [0, 0.05) is 5.56 Å². The van der Waals surface area contributed by atoms with Crippen LogP contribution in [0.15, 0.2) is 83.5 Å². The highest BCUT2D eigenvalue weighted by Gasteiger charge is 2.24. The third-order valence-electron chi connectivity index (χ3n) is 4.92. The normalized spacial score (nSPS) is 11.7. The molecule has 0 aliphatic rings. The summed E-state index contributed by atoms with van der Waals surface area (Å²) in [5.41, 5.74) is 1.89. The number of ether oxygens (including phenoxy) is 3. The number of aliphatic hydroxyl groups excluding tert-OH is 1. The van der Waals surface area contributed by atoms with E-state index in [0.717, 1.165) is 5.56 Å². The summed E-state index contributed by atoms with van der Waals surface area (Å²) in [5, 5.41) is 13.4. The molecule has 0 radical (unpaired) electrons. The second-order valence-corrected chi connectivity index (χ2v) is 7.02. The number of hydrogen-bond acceptors (Lipinski definition) is 6. The molecule has 7 nitrogen and oxygen atoms in total. The minimum Gasteiger partial charge on any atom is -0.496 e. The van der Waals surface area contributed by atoms with Crippen molar-refractivity contribution < 1.29 is 28.5 Å². The molecule has 1 amide bonds. The summed E-state index contributed by atoms with van der Waals surface area (Å²) in [6.45, 7) is -0.254. The Morgan fingerprint density at radius 1 is 1.06 bits per heavy atom. The number of alkyl carbamates (subject to hydrolysis) is 1. The summed E-state index contributed by atoms with van der Waals surface area (Å²) in [6, 6.07) is 21.3. The molecule has 1 heterocycles. The third kappa shape index (κ3) is 4.68. The number of benzene rings is 3. The van der Waals surface area contributed by atoms with E-state index in [4.69, 9.17) is 18.6 Å². The molecule has 0 aliphatic carbocycles. The lowest BCUT2D eigenvalue weighted by molar-refractivity contribution is 0.129. The van der Waals surface area contributed by atoms with Crippen LogP contribution in [0.3, 0.4) is 0 Å². The Bertz CT molecular complexity index is 1170. The van der Waals surface area contributed by atoms with Crippen LogP contribution in [0.2, 0.25) is 0 Å². The lowest BCUT2D eigenvalue weighted by Gasteiger charge is -2.21. The standard InChI is InChI=1S/C25H23NO6/c1-29-23-19-12-13-30-24(19)22(32-18-10-6-3-7-11-18)14-20(23)21(15-27)26-25(28)31-16-17-8-4-2-5-9-17/h2-14,21,27H,15-16H2,1H3,(H,26,28)/t21-/m0/s1. The number of aliphatic hydroxyl groups is 1. The van der Waals surface area contributed by atoms with Crippen LogP contribution in [-0.2, 0) is 11.3 Å². The van der Waals surface area contributed by atoms with Crippen molar-refractivity contribution in [2.45, 2.75) is 12.6 Å². The number of methoxy groups -OCH3 is 1. The van der Waals surface area contributed by atoms with Crippen molar-refractivity contribution in [3.63, 3.8) is 0 Å². The largest absolute Gasteiger partial charge is 0.496 e. The number of amides is 1. The second kappa shape index (κ2) is 9.89. The van der Waals surface area contributed by atoms with Gasteiger partial charge >= 0.3 is 6.09 Å². The maximum Gasteiger partial charge on any atom is 0.408 e. The minimum absolute atomic E-state index is 0.116. The number of carbonyl (C=O) groups is 1. The van der Waals surface area contributed by atoms with Crippen molar-refractivity contribution in [1.82, 2.24) is 5.32 Å². The molecule has 1 aromatic heterocycles. The first kappa shape index (κ1) is 21.3. The molecule has 0 saturated heterocycles. The smallest absolute Gasteiger partial charge is 0.408 e. The zero-order chi connectivity index (χ0) is 22.3. The second-order valence-electron chi connectivity index (χ2n) is 7.02. The Labute approximate surface area is 185 Å². The molecule has 32 heavy (non-hydrogen) atoms. The molecule has 1 atom stereocenters. The van der Waals surface area contributed by atoms with E-state index in [-0.39, 0.29) is 13.2 Å². The Balaban J connectivity index is 1.61. The lowest BCUT2D eigenvalue weighted by atomic mass is 10.0. The first-order chi connectivity index (χ1) is 15.7. The molecule has 7 heteroatoms. The van der Waals surface area contributed by atoms with Gasteiger partial charge in [0.1, 0.15) is 18.1 Å². The molecular formula is C25H23NO6. The van der Waals surface area contributed by atoms with Gasteiger partial charge in [0.25, 0.3) is 0 Å². The summed E-state index contributed by atoms with van der Waals surface area (Å²) >= 11 is 0. The van der Waals surface area contributed by atoms with E-state index in [0.29, 0.717) is 33.8 Å². The maximum absolute atomic E-state index is 12.4. The first-order valence-corrected chi connectivity index (χ1v) is 10.1. The van der Waals surface area contributed by atoms with E-state index in [9.17, 15) is 9.90 Å². The fraction of sp³-hybridized carbons (Fsp3) is 0.160. The molecule has 3 aromatic carbocycles. The van der Waals surface area contributed by atoms with Gasteiger partial charge in [-0.2, -0.15) is 0 Å². The Morgan fingerprint density at radius 2 is 1.78 bits per heavy atom. The quantitative estimate of drug-likeness (QED) is 0.397. The molecule has 4 rings (SSSR count). The summed E-state index contributed by atoms with van der Waals surface area (Å²) in [5.74, 6) is 1.53. The molecule has 0 spiro atoms. The number of rotatable bonds is 8. The average molecular weight is 433 g/mol. The van der Waals surface area contributed by atoms with Crippen LogP contribution in [0.25, 0.3) is 11.0 Å². The Morgan fingerprint density at radius 3 is 2.47 bits per heavy atom. The van der Waals surface area contributed by atoms with Crippen molar-refractivity contribution >= 4 is 17.1 Å². The predicted octanol–water partition coefficient (Wildman–Crippen LogP) is 5.19. The fourth-order valence-electron chi connectivity index (χ4n) is 3.41. The van der Waals surface area contributed by atoms with E-state index in [1.54, 1.807) is 12.1 Å². The molecule has 2 N–H and O–H groups in total. The van der Waals surface area contributed by atoms with Gasteiger partial charge < -0.3 is 29.1 Å².